The van der Waals surface area contributed by atoms with Crippen LogP contribution in [0, 0.1) is 25.2 Å². The van der Waals surface area contributed by atoms with Gasteiger partial charge in [-0.25, -0.2) is 4.98 Å². The third-order valence-electron chi connectivity index (χ3n) is 4.45. The van der Waals surface area contributed by atoms with Crippen molar-refractivity contribution in [2.24, 2.45) is 0 Å². The summed E-state index contributed by atoms with van der Waals surface area (Å²) in [7, 11) is 0. The van der Waals surface area contributed by atoms with Crippen LogP contribution in [0.3, 0.4) is 0 Å². The molecule has 0 atom stereocenters. The smallest absolute Gasteiger partial charge is 0.252 e. The van der Waals surface area contributed by atoms with E-state index in [1.165, 1.54) is 0 Å². The lowest BCUT2D eigenvalue weighted by Crippen LogP contribution is -2.29. The maximum absolute atomic E-state index is 12.2. The standard InChI is InChI=1S/C21H19BrN4O/c1-13-7-8-15-11-16(12-23)20(26-19(15)14(13)2)24-9-10-25-21(27)17-5-3-4-6-18(17)22/h3-8,11H,9-10H2,1-2H3,(H,24,26)(H,25,27). The van der Waals surface area contributed by atoms with E-state index in [0.717, 1.165) is 26.5 Å². The first-order valence-corrected chi connectivity index (χ1v) is 9.38. The van der Waals surface area contributed by atoms with Crippen LogP contribution in [0.2, 0.25) is 0 Å². The highest BCUT2D eigenvalue weighted by Gasteiger charge is 2.11. The number of aromatic nitrogens is 1. The van der Waals surface area contributed by atoms with Crippen molar-refractivity contribution < 1.29 is 4.79 Å². The molecule has 1 amide bonds. The second-order valence-corrected chi connectivity index (χ2v) is 7.09. The topological polar surface area (TPSA) is 77.8 Å². The Kier molecular flexibility index (Phi) is 5.72. The van der Waals surface area contributed by atoms with Crippen LogP contribution in [-0.4, -0.2) is 24.0 Å². The summed E-state index contributed by atoms with van der Waals surface area (Å²) in [6, 6.07) is 15.3. The molecule has 0 unspecified atom stereocenters. The Bertz CT molecular complexity index is 1060. The number of nitrogens with zero attached hydrogens (tertiary/aromatic N) is 2. The van der Waals surface area contributed by atoms with Gasteiger partial charge in [-0.2, -0.15) is 5.26 Å². The number of pyridine rings is 1. The summed E-state index contributed by atoms with van der Waals surface area (Å²) < 4.78 is 0.754. The van der Waals surface area contributed by atoms with Gasteiger partial charge in [-0.15, -0.1) is 0 Å². The van der Waals surface area contributed by atoms with E-state index in [9.17, 15) is 10.1 Å². The minimum Gasteiger partial charge on any atom is -0.367 e. The number of aryl methyl sites for hydroxylation is 2. The number of carbonyl (C=O) groups is 1. The molecule has 1 aromatic heterocycles. The van der Waals surface area contributed by atoms with Crippen molar-refractivity contribution in [3.63, 3.8) is 0 Å². The number of amides is 1. The molecular weight excluding hydrogens is 404 g/mol. The number of nitriles is 1. The normalized spacial score (nSPS) is 10.4. The summed E-state index contributed by atoms with van der Waals surface area (Å²) in [5.74, 6) is 0.386. The molecule has 0 saturated carbocycles. The van der Waals surface area contributed by atoms with E-state index in [0.29, 0.717) is 30.0 Å². The van der Waals surface area contributed by atoms with Gasteiger partial charge >= 0.3 is 0 Å². The fourth-order valence-corrected chi connectivity index (χ4v) is 3.27. The first kappa shape index (κ1) is 18.9. The molecule has 0 radical (unpaired) electrons. The SMILES string of the molecule is Cc1ccc2cc(C#N)c(NCCNC(=O)c3ccccc3Br)nc2c1C. The monoisotopic (exact) mass is 422 g/mol. The summed E-state index contributed by atoms with van der Waals surface area (Å²) >= 11 is 3.37. The maximum Gasteiger partial charge on any atom is 0.252 e. The summed E-state index contributed by atoms with van der Waals surface area (Å²) in [4.78, 5) is 16.9. The van der Waals surface area contributed by atoms with E-state index in [-0.39, 0.29) is 5.91 Å². The molecule has 1 heterocycles. The van der Waals surface area contributed by atoms with Crippen molar-refractivity contribution in [3.05, 3.63) is 69.2 Å². The number of nitrogens with one attached hydrogen (secondary N) is 2. The molecule has 0 saturated heterocycles. The van der Waals surface area contributed by atoms with E-state index in [1.807, 2.05) is 50.2 Å². The second-order valence-electron chi connectivity index (χ2n) is 6.24. The Morgan fingerprint density at radius 1 is 1.19 bits per heavy atom. The van der Waals surface area contributed by atoms with Gasteiger partial charge in [0, 0.05) is 22.9 Å². The van der Waals surface area contributed by atoms with Gasteiger partial charge in [0.15, 0.2) is 0 Å². The van der Waals surface area contributed by atoms with Gasteiger partial charge in [-0.3, -0.25) is 4.79 Å². The molecule has 136 valence electrons. The Balaban J connectivity index is 1.70. The zero-order valence-corrected chi connectivity index (χ0v) is 16.7. The number of fused-ring (bicyclic) bond motifs is 1. The number of anilines is 1. The maximum atomic E-state index is 12.2. The van der Waals surface area contributed by atoms with Gasteiger partial charge in [-0.05, 0) is 59.1 Å². The van der Waals surface area contributed by atoms with Crippen LogP contribution in [0.15, 0.2) is 46.9 Å². The zero-order valence-electron chi connectivity index (χ0n) is 15.1. The first-order chi connectivity index (χ1) is 13.0. The summed E-state index contributed by atoms with van der Waals surface area (Å²) in [6.45, 7) is 4.95. The lowest BCUT2D eigenvalue weighted by atomic mass is 10.0. The predicted molar refractivity (Wildman–Crippen MR) is 111 cm³/mol. The Hall–Kier alpha value is -2.91. The highest BCUT2D eigenvalue weighted by Crippen LogP contribution is 2.24. The Morgan fingerprint density at radius 2 is 1.96 bits per heavy atom. The quantitative estimate of drug-likeness (QED) is 0.599. The van der Waals surface area contributed by atoms with Crippen molar-refractivity contribution in [1.82, 2.24) is 10.3 Å². The molecule has 0 aliphatic rings. The van der Waals surface area contributed by atoms with Crippen LogP contribution in [-0.2, 0) is 0 Å². The molecule has 2 N–H and O–H groups in total. The van der Waals surface area contributed by atoms with E-state index in [4.69, 9.17) is 0 Å². The van der Waals surface area contributed by atoms with Crippen molar-refractivity contribution in [2.45, 2.75) is 13.8 Å². The van der Waals surface area contributed by atoms with Gasteiger partial charge in [0.1, 0.15) is 11.9 Å². The summed E-state index contributed by atoms with van der Waals surface area (Å²) in [5.41, 5.74) is 4.22. The number of carbonyl (C=O) groups excluding carboxylic acids is 1. The van der Waals surface area contributed by atoms with E-state index in [2.05, 4.69) is 37.6 Å². The fraction of sp³-hybridized carbons (Fsp3) is 0.190. The van der Waals surface area contributed by atoms with E-state index < -0.39 is 0 Å². The molecule has 2 aromatic carbocycles. The van der Waals surface area contributed by atoms with Gasteiger partial charge in [0.2, 0.25) is 0 Å². The molecule has 27 heavy (non-hydrogen) atoms. The summed E-state index contributed by atoms with van der Waals surface area (Å²) in [5, 5.41) is 16.4. The van der Waals surface area contributed by atoms with Crippen LogP contribution in [0.5, 0.6) is 0 Å². The average molecular weight is 423 g/mol. The second kappa shape index (κ2) is 8.19. The lowest BCUT2D eigenvalue weighted by Gasteiger charge is -2.12. The van der Waals surface area contributed by atoms with E-state index in [1.54, 1.807) is 6.07 Å². The van der Waals surface area contributed by atoms with Crippen molar-refractivity contribution >= 4 is 38.6 Å². The lowest BCUT2D eigenvalue weighted by molar-refractivity contribution is 0.0954. The molecule has 6 heteroatoms. The van der Waals surface area contributed by atoms with Gasteiger partial charge in [0.05, 0.1) is 16.6 Å². The zero-order chi connectivity index (χ0) is 19.4. The highest BCUT2D eigenvalue weighted by atomic mass is 79.9. The number of hydrogen-bond donors (Lipinski definition) is 2. The number of benzene rings is 2. The van der Waals surface area contributed by atoms with E-state index >= 15 is 0 Å². The largest absolute Gasteiger partial charge is 0.367 e. The number of halogens is 1. The average Bonchev–Trinajstić information content (AvgIpc) is 2.68. The Labute approximate surface area is 166 Å². The van der Waals surface area contributed by atoms with Crippen molar-refractivity contribution in [2.75, 3.05) is 18.4 Å². The van der Waals surface area contributed by atoms with Gasteiger partial charge < -0.3 is 10.6 Å². The Morgan fingerprint density at radius 3 is 2.70 bits per heavy atom. The summed E-state index contributed by atoms with van der Waals surface area (Å²) in [6.07, 6.45) is 0. The van der Waals surface area contributed by atoms with Crippen LogP contribution in [0.4, 0.5) is 5.82 Å². The molecule has 3 rings (SSSR count). The van der Waals surface area contributed by atoms with Gasteiger partial charge in [0.25, 0.3) is 5.91 Å². The van der Waals surface area contributed by atoms with Crippen molar-refractivity contribution in [1.29, 1.82) is 5.26 Å². The third-order valence-corrected chi connectivity index (χ3v) is 5.15. The fourth-order valence-electron chi connectivity index (χ4n) is 2.80. The number of hydrogen-bond acceptors (Lipinski definition) is 4. The van der Waals surface area contributed by atoms with Crippen LogP contribution in [0.1, 0.15) is 27.0 Å². The molecule has 0 fully saturated rings. The molecule has 0 aliphatic carbocycles. The molecule has 3 aromatic rings. The molecule has 0 aliphatic heterocycles. The van der Waals surface area contributed by atoms with Crippen molar-refractivity contribution in [3.8, 4) is 6.07 Å². The van der Waals surface area contributed by atoms with Crippen LogP contribution >= 0.6 is 15.9 Å². The predicted octanol–water partition coefficient (Wildman–Crippen LogP) is 4.33. The first-order valence-electron chi connectivity index (χ1n) is 8.59. The molecule has 5 nitrogen and oxygen atoms in total. The molecule has 0 bridgehead atoms. The highest BCUT2D eigenvalue weighted by molar-refractivity contribution is 9.10. The minimum absolute atomic E-state index is 0.150. The molecule has 0 spiro atoms. The van der Waals surface area contributed by atoms with Gasteiger partial charge in [-0.1, -0.05) is 24.3 Å². The van der Waals surface area contributed by atoms with Crippen LogP contribution < -0.4 is 10.6 Å². The number of rotatable bonds is 5. The minimum atomic E-state index is -0.150. The van der Waals surface area contributed by atoms with Crippen LogP contribution in [0.25, 0.3) is 10.9 Å². The third kappa shape index (κ3) is 4.09. The molecular formula is C21H19BrN4O.